The lowest BCUT2D eigenvalue weighted by molar-refractivity contribution is -0.140. The van der Waals surface area contributed by atoms with Gasteiger partial charge in [0.2, 0.25) is 11.8 Å². The van der Waals surface area contributed by atoms with Crippen LogP contribution in [0.4, 0.5) is 0 Å². The van der Waals surface area contributed by atoms with Crippen molar-refractivity contribution in [3.63, 3.8) is 0 Å². The molecule has 1 N–H and O–H groups in total. The van der Waals surface area contributed by atoms with Crippen molar-refractivity contribution < 1.29 is 9.59 Å². The second kappa shape index (κ2) is 11.1. The summed E-state index contributed by atoms with van der Waals surface area (Å²) in [5.41, 5.74) is 3.50. The molecule has 1 aliphatic rings. The van der Waals surface area contributed by atoms with Gasteiger partial charge in [-0.1, -0.05) is 81.3 Å². The Balaban J connectivity index is 1.66. The zero-order valence-corrected chi connectivity index (χ0v) is 19.1. The minimum Gasteiger partial charge on any atom is -0.352 e. The third-order valence-corrected chi connectivity index (χ3v) is 6.34. The lowest BCUT2D eigenvalue weighted by atomic mass is 10.00. The number of nitrogens with one attached hydrogen (secondary N) is 1. The lowest BCUT2D eigenvalue weighted by Crippen LogP contribution is -2.49. The Labute approximate surface area is 187 Å². The van der Waals surface area contributed by atoms with Crippen molar-refractivity contribution >= 4 is 11.8 Å². The van der Waals surface area contributed by atoms with Gasteiger partial charge >= 0.3 is 0 Å². The number of carbonyl (C=O) groups is 2. The van der Waals surface area contributed by atoms with E-state index in [-0.39, 0.29) is 17.9 Å². The summed E-state index contributed by atoms with van der Waals surface area (Å²) in [7, 11) is 0. The molecule has 2 aromatic rings. The maximum atomic E-state index is 13.2. The summed E-state index contributed by atoms with van der Waals surface area (Å²) < 4.78 is 0. The van der Waals surface area contributed by atoms with Crippen LogP contribution in [-0.2, 0) is 22.6 Å². The first-order valence-electron chi connectivity index (χ1n) is 11.7. The van der Waals surface area contributed by atoms with Crippen LogP contribution < -0.4 is 5.32 Å². The molecule has 0 bridgehead atoms. The first-order chi connectivity index (χ1) is 14.9. The zero-order valence-electron chi connectivity index (χ0n) is 19.1. The van der Waals surface area contributed by atoms with E-state index in [4.69, 9.17) is 0 Å². The normalized spacial score (nSPS) is 15.1. The van der Waals surface area contributed by atoms with Crippen molar-refractivity contribution in [1.29, 1.82) is 0 Å². The molecule has 0 saturated heterocycles. The van der Waals surface area contributed by atoms with Gasteiger partial charge in [0.05, 0.1) is 0 Å². The van der Waals surface area contributed by atoms with Gasteiger partial charge < -0.3 is 10.2 Å². The van der Waals surface area contributed by atoms with Crippen LogP contribution in [0, 0.1) is 0 Å². The zero-order chi connectivity index (χ0) is 22.2. The number of rotatable bonds is 9. The minimum atomic E-state index is -0.489. The summed E-state index contributed by atoms with van der Waals surface area (Å²) in [6.45, 7) is 6.66. The second-order valence-electron chi connectivity index (χ2n) is 9.07. The van der Waals surface area contributed by atoms with Gasteiger partial charge in [-0.2, -0.15) is 0 Å². The molecule has 1 aliphatic carbocycles. The Morgan fingerprint density at radius 1 is 0.935 bits per heavy atom. The molecule has 1 atom stereocenters. The molecule has 0 spiro atoms. The maximum absolute atomic E-state index is 13.2. The molecule has 31 heavy (non-hydrogen) atoms. The van der Waals surface area contributed by atoms with Gasteiger partial charge in [0.1, 0.15) is 6.04 Å². The van der Waals surface area contributed by atoms with Gasteiger partial charge in [-0.3, -0.25) is 9.59 Å². The van der Waals surface area contributed by atoms with Crippen LogP contribution in [0.5, 0.6) is 0 Å². The summed E-state index contributed by atoms with van der Waals surface area (Å²) in [5.74, 6) is 0.472. The summed E-state index contributed by atoms with van der Waals surface area (Å²) in [4.78, 5) is 27.9. The Hall–Kier alpha value is -2.62. The van der Waals surface area contributed by atoms with Gasteiger partial charge in [0.15, 0.2) is 0 Å². The summed E-state index contributed by atoms with van der Waals surface area (Å²) in [5, 5.41) is 3.16. The molecule has 166 valence electrons. The molecule has 2 aromatic carbocycles. The standard InChI is InChI=1S/C27H36N2O2/c1-20(2)24-16-13-22(14-17-24)15-18-26(30)29(19-23-9-5-4-6-10-23)21(3)27(31)28-25-11-7-8-12-25/h4-6,9-10,13-14,16-17,20-21,25H,7-8,11-12,15,18-19H2,1-3H3,(H,28,31)/t21-/m0/s1. The summed E-state index contributed by atoms with van der Waals surface area (Å²) in [6.07, 6.45) is 5.49. The molecule has 0 radical (unpaired) electrons. The largest absolute Gasteiger partial charge is 0.352 e. The topological polar surface area (TPSA) is 49.4 Å². The fourth-order valence-corrected chi connectivity index (χ4v) is 4.22. The molecule has 0 heterocycles. The van der Waals surface area contributed by atoms with Gasteiger partial charge in [0.25, 0.3) is 0 Å². The number of benzene rings is 2. The summed E-state index contributed by atoms with van der Waals surface area (Å²) >= 11 is 0. The molecule has 4 nitrogen and oxygen atoms in total. The average molecular weight is 421 g/mol. The van der Waals surface area contributed by atoms with Crippen molar-refractivity contribution in [1.82, 2.24) is 10.2 Å². The van der Waals surface area contributed by atoms with E-state index in [0.717, 1.165) is 24.0 Å². The lowest BCUT2D eigenvalue weighted by Gasteiger charge is -2.30. The first kappa shape index (κ1) is 23.1. The first-order valence-corrected chi connectivity index (χ1v) is 11.7. The average Bonchev–Trinajstić information content (AvgIpc) is 3.29. The molecule has 0 aliphatic heterocycles. The molecule has 4 heteroatoms. The molecular formula is C27H36N2O2. The van der Waals surface area contributed by atoms with E-state index in [1.165, 1.54) is 18.4 Å². The van der Waals surface area contributed by atoms with Crippen LogP contribution in [0.3, 0.4) is 0 Å². The fourth-order valence-electron chi connectivity index (χ4n) is 4.22. The van der Waals surface area contributed by atoms with Crippen molar-refractivity contribution in [2.75, 3.05) is 0 Å². The number of hydrogen-bond donors (Lipinski definition) is 1. The highest BCUT2D eigenvalue weighted by Crippen LogP contribution is 2.19. The number of hydrogen-bond acceptors (Lipinski definition) is 2. The van der Waals surface area contributed by atoms with Crippen LogP contribution in [0.25, 0.3) is 0 Å². The minimum absolute atomic E-state index is 0.0193. The van der Waals surface area contributed by atoms with Crippen LogP contribution in [-0.4, -0.2) is 28.8 Å². The predicted molar refractivity (Wildman–Crippen MR) is 126 cm³/mol. The second-order valence-corrected chi connectivity index (χ2v) is 9.07. The Morgan fingerprint density at radius 3 is 2.19 bits per heavy atom. The smallest absolute Gasteiger partial charge is 0.242 e. The highest BCUT2D eigenvalue weighted by Gasteiger charge is 2.28. The highest BCUT2D eigenvalue weighted by molar-refractivity contribution is 5.87. The molecule has 1 fully saturated rings. The monoisotopic (exact) mass is 420 g/mol. The molecule has 0 aromatic heterocycles. The number of carbonyl (C=O) groups excluding carboxylic acids is 2. The van der Waals surface area contributed by atoms with Gasteiger partial charge in [-0.05, 0) is 48.8 Å². The summed E-state index contributed by atoms with van der Waals surface area (Å²) in [6, 6.07) is 18.2. The number of amides is 2. The quantitative estimate of drug-likeness (QED) is 0.605. The van der Waals surface area contributed by atoms with Crippen molar-refractivity contribution in [2.24, 2.45) is 0 Å². The third-order valence-electron chi connectivity index (χ3n) is 6.34. The van der Waals surface area contributed by atoms with Crippen LogP contribution >= 0.6 is 0 Å². The van der Waals surface area contributed by atoms with Crippen molar-refractivity contribution in [3.05, 3.63) is 71.3 Å². The van der Waals surface area contributed by atoms with Crippen LogP contribution in [0.15, 0.2) is 54.6 Å². The molecular weight excluding hydrogens is 384 g/mol. The van der Waals surface area contributed by atoms with Crippen LogP contribution in [0.2, 0.25) is 0 Å². The number of aryl methyl sites for hydroxylation is 1. The van der Waals surface area contributed by atoms with E-state index < -0.39 is 6.04 Å². The maximum Gasteiger partial charge on any atom is 0.242 e. The number of nitrogens with zero attached hydrogens (tertiary/aromatic N) is 1. The highest BCUT2D eigenvalue weighted by atomic mass is 16.2. The van der Waals surface area contributed by atoms with Crippen molar-refractivity contribution in [2.45, 2.75) is 83.8 Å². The predicted octanol–water partition coefficient (Wildman–Crippen LogP) is 5.22. The van der Waals surface area contributed by atoms with Gasteiger partial charge in [-0.15, -0.1) is 0 Å². The van der Waals surface area contributed by atoms with Crippen molar-refractivity contribution in [3.8, 4) is 0 Å². The van der Waals surface area contributed by atoms with Gasteiger partial charge in [-0.25, -0.2) is 0 Å². The molecule has 1 saturated carbocycles. The van der Waals surface area contributed by atoms with E-state index in [1.807, 2.05) is 37.3 Å². The Kier molecular flexibility index (Phi) is 8.27. The fraction of sp³-hybridized carbons (Fsp3) is 0.481. The van der Waals surface area contributed by atoms with E-state index in [9.17, 15) is 9.59 Å². The Morgan fingerprint density at radius 2 is 1.58 bits per heavy atom. The van der Waals surface area contributed by atoms with E-state index in [1.54, 1.807) is 4.90 Å². The third kappa shape index (κ3) is 6.68. The Bertz CT molecular complexity index is 839. The molecule has 3 rings (SSSR count). The van der Waals surface area contributed by atoms with Gasteiger partial charge in [0, 0.05) is 19.0 Å². The van der Waals surface area contributed by atoms with E-state index >= 15 is 0 Å². The van der Waals surface area contributed by atoms with Crippen LogP contribution in [0.1, 0.15) is 75.5 Å². The molecule has 0 unspecified atom stereocenters. The molecule has 2 amide bonds. The SMILES string of the molecule is CC(C)c1ccc(CCC(=O)N(Cc2ccccc2)[C@@H](C)C(=O)NC2CCCC2)cc1. The van der Waals surface area contributed by atoms with E-state index in [2.05, 4.69) is 43.4 Å². The van der Waals surface area contributed by atoms with E-state index in [0.29, 0.717) is 25.3 Å².